The number of carbonyl (C=O) groups excluding carboxylic acids is 1. The van der Waals surface area contributed by atoms with Crippen molar-refractivity contribution in [1.82, 2.24) is 4.31 Å². The number of rotatable bonds is 4. The molecule has 7 heteroatoms. The van der Waals surface area contributed by atoms with Crippen LogP contribution in [-0.4, -0.2) is 37.0 Å². The average molecular weight is 309 g/mol. The second-order valence-electron chi connectivity index (χ2n) is 5.65. The van der Waals surface area contributed by atoms with Crippen LogP contribution in [0.15, 0.2) is 24.3 Å². The Morgan fingerprint density at radius 1 is 1.33 bits per heavy atom. The van der Waals surface area contributed by atoms with Gasteiger partial charge in [-0.15, -0.1) is 0 Å². The molecular formula is C14H19N3O3S. The van der Waals surface area contributed by atoms with Gasteiger partial charge in [-0.25, -0.2) is 8.42 Å². The van der Waals surface area contributed by atoms with Crippen molar-refractivity contribution in [3.05, 3.63) is 29.8 Å². The molecule has 1 aromatic rings. The van der Waals surface area contributed by atoms with E-state index in [0.29, 0.717) is 11.3 Å². The molecule has 0 aliphatic heterocycles. The minimum atomic E-state index is -3.52. The lowest BCUT2D eigenvalue weighted by Crippen LogP contribution is -2.48. The van der Waals surface area contributed by atoms with Gasteiger partial charge in [0.2, 0.25) is 15.9 Å². The van der Waals surface area contributed by atoms with Gasteiger partial charge >= 0.3 is 0 Å². The Bertz CT molecular complexity index is 669. The summed E-state index contributed by atoms with van der Waals surface area (Å²) in [4.78, 5) is 12.1. The highest BCUT2D eigenvalue weighted by molar-refractivity contribution is 7.88. The largest absolute Gasteiger partial charge is 0.324 e. The first-order valence-corrected chi connectivity index (χ1v) is 8.17. The number of hydrogen-bond acceptors (Lipinski definition) is 4. The van der Waals surface area contributed by atoms with Crippen molar-refractivity contribution >= 4 is 21.6 Å². The number of para-hydroxylation sites is 1. The van der Waals surface area contributed by atoms with Gasteiger partial charge in [0.25, 0.3) is 0 Å². The van der Waals surface area contributed by atoms with E-state index in [2.05, 4.69) is 5.32 Å². The van der Waals surface area contributed by atoms with E-state index in [1.54, 1.807) is 45.0 Å². The Morgan fingerprint density at radius 2 is 1.90 bits per heavy atom. The number of carbonyl (C=O) groups is 1. The number of amides is 1. The molecule has 1 N–H and O–H groups in total. The predicted molar refractivity (Wildman–Crippen MR) is 81.1 cm³/mol. The van der Waals surface area contributed by atoms with Crippen molar-refractivity contribution in [2.24, 2.45) is 0 Å². The van der Waals surface area contributed by atoms with Gasteiger partial charge in [0.15, 0.2) is 0 Å². The Balaban J connectivity index is 2.93. The highest BCUT2D eigenvalue weighted by Gasteiger charge is 2.31. The Kier molecular flexibility index (Phi) is 5.10. The lowest BCUT2D eigenvalue weighted by Gasteiger charge is -2.32. The molecule has 1 aromatic carbocycles. The van der Waals surface area contributed by atoms with E-state index in [4.69, 9.17) is 5.26 Å². The molecule has 0 aliphatic rings. The summed E-state index contributed by atoms with van der Waals surface area (Å²) in [5.41, 5.74) is -0.0143. The second-order valence-corrected chi connectivity index (χ2v) is 7.55. The van der Waals surface area contributed by atoms with Crippen LogP contribution in [-0.2, 0) is 14.8 Å². The van der Waals surface area contributed by atoms with Gasteiger partial charge in [-0.2, -0.15) is 9.57 Å². The Labute approximate surface area is 125 Å². The van der Waals surface area contributed by atoms with E-state index in [0.717, 1.165) is 10.6 Å². The number of nitriles is 1. The third-order valence-corrected chi connectivity index (χ3v) is 4.23. The minimum absolute atomic E-state index is 0.303. The number of sulfonamides is 1. The third kappa shape index (κ3) is 4.85. The summed E-state index contributed by atoms with van der Waals surface area (Å²) >= 11 is 0. The summed E-state index contributed by atoms with van der Waals surface area (Å²) < 4.78 is 24.7. The highest BCUT2D eigenvalue weighted by atomic mass is 32.2. The van der Waals surface area contributed by atoms with Gasteiger partial charge in [-0.05, 0) is 32.9 Å². The van der Waals surface area contributed by atoms with Crippen LogP contribution in [0.2, 0.25) is 0 Å². The first kappa shape index (κ1) is 17.1. The van der Waals surface area contributed by atoms with Crippen LogP contribution >= 0.6 is 0 Å². The summed E-state index contributed by atoms with van der Waals surface area (Å²) in [5.74, 6) is -0.488. The normalized spacial score (nSPS) is 12.0. The van der Waals surface area contributed by atoms with Crippen LogP contribution in [0, 0.1) is 11.3 Å². The maximum atomic E-state index is 12.1. The first-order chi connectivity index (χ1) is 9.55. The van der Waals surface area contributed by atoms with Gasteiger partial charge in [-0.1, -0.05) is 12.1 Å². The number of benzene rings is 1. The topological polar surface area (TPSA) is 90.3 Å². The summed E-state index contributed by atoms with van der Waals surface area (Å²) in [5, 5.41) is 11.5. The molecule has 1 rings (SSSR count). The van der Waals surface area contributed by atoms with Crippen molar-refractivity contribution in [2.45, 2.75) is 26.3 Å². The zero-order valence-corrected chi connectivity index (χ0v) is 13.4. The molecule has 114 valence electrons. The molecule has 0 unspecified atom stereocenters. The van der Waals surface area contributed by atoms with Crippen LogP contribution < -0.4 is 5.32 Å². The fourth-order valence-corrected chi connectivity index (χ4v) is 3.21. The molecule has 0 atom stereocenters. The van der Waals surface area contributed by atoms with Crippen LogP contribution in [0.3, 0.4) is 0 Å². The van der Waals surface area contributed by atoms with E-state index in [1.807, 2.05) is 6.07 Å². The summed E-state index contributed by atoms with van der Waals surface area (Å²) in [6, 6.07) is 8.52. The van der Waals surface area contributed by atoms with Crippen molar-refractivity contribution in [2.75, 3.05) is 18.1 Å². The van der Waals surface area contributed by atoms with E-state index >= 15 is 0 Å². The van der Waals surface area contributed by atoms with Crippen molar-refractivity contribution in [3.63, 3.8) is 0 Å². The van der Waals surface area contributed by atoms with E-state index in [-0.39, 0.29) is 6.54 Å². The zero-order chi connectivity index (χ0) is 16.3. The quantitative estimate of drug-likeness (QED) is 0.913. The standard InChI is InChI=1S/C14H19N3O3S/c1-14(2,3)17(21(4,19)20)10-13(18)16-12-8-6-5-7-11(12)9-15/h5-8H,10H2,1-4H3,(H,16,18). The molecule has 0 fully saturated rings. The van der Waals surface area contributed by atoms with Gasteiger partial charge in [-0.3, -0.25) is 4.79 Å². The van der Waals surface area contributed by atoms with Crippen molar-refractivity contribution < 1.29 is 13.2 Å². The molecule has 0 radical (unpaired) electrons. The Morgan fingerprint density at radius 3 is 2.38 bits per heavy atom. The monoisotopic (exact) mass is 309 g/mol. The molecule has 0 bridgehead atoms. The van der Waals surface area contributed by atoms with E-state index < -0.39 is 21.5 Å². The molecule has 6 nitrogen and oxygen atoms in total. The van der Waals surface area contributed by atoms with Gasteiger partial charge in [0.05, 0.1) is 24.1 Å². The lowest BCUT2D eigenvalue weighted by atomic mass is 10.1. The van der Waals surface area contributed by atoms with E-state index in [9.17, 15) is 13.2 Å². The molecule has 0 saturated carbocycles. The number of nitrogens with zero attached hydrogens (tertiary/aromatic N) is 2. The van der Waals surface area contributed by atoms with Gasteiger partial charge < -0.3 is 5.32 Å². The van der Waals surface area contributed by atoms with Crippen LogP contribution in [0.5, 0.6) is 0 Å². The summed E-state index contributed by atoms with van der Waals surface area (Å²) in [6.45, 7) is 4.84. The predicted octanol–water partition coefficient (Wildman–Crippen LogP) is 1.56. The molecule has 0 saturated heterocycles. The van der Waals surface area contributed by atoms with Gasteiger partial charge in [0.1, 0.15) is 6.07 Å². The summed E-state index contributed by atoms with van der Waals surface area (Å²) in [6.07, 6.45) is 1.06. The SMILES string of the molecule is CC(C)(C)N(CC(=O)Nc1ccccc1C#N)S(C)(=O)=O. The smallest absolute Gasteiger partial charge is 0.239 e. The van der Waals surface area contributed by atoms with Crippen molar-refractivity contribution in [3.8, 4) is 6.07 Å². The maximum absolute atomic E-state index is 12.1. The third-order valence-electron chi connectivity index (χ3n) is 2.76. The minimum Gasteiger partial charge on any atom is -0.324 e. The molecule has 1 amide bonds. The number of anilines is 1. The average Bonchev–Trinajstić information content (AvgIpc) is 2.34. The fraction of sp³-hybridized carbons (Fsp3) is 0.429. The van der Waals surface area contributed by atoms with E-state index in [1.165, 1.54) is 0 Å². The molecule has 21 heavy (non-hydrogen) atoms. The molecule has 0 aromatic heterocycles. The highest BCUT2D eigenvalue weighted by Crippen LogP contribution is 2.18. The zero-order valence-electron chi connectivity index (χ0n) is 12.5. The van der Waals surface area contributed by atoms with Crippen LogP contribution in [0.1, 0.15) is 26.3 Å². The van der Waals surface area contributed by atoms with Crippen LogP contribution in [0.4, 0.5) is 5.69 Å². The molecule has 0 aliphatic carbocycles. The fourth-order valence-electron chi connectivity index (χ4n) is 1.86. The maximum Gasteiger partial charge on any atom is 0.239 e. The molecule has 0 spiro atoms. The number of hydrogen-bond donors (Lipinski definition) is 1. The summed E-state index contributed by atoms with van der Waals surface area (Å²) in [7, 11) is -3.52. The van der Waals surface area contributed by atoms with Gasteiger partial charge in [0, 0.05) is 5.54 Å². The first-order valence-electron chi connectivity index (χ1n) is 6.32. The molecular weight excluding hydrogens is 290 g/mol. The number of nitrogens with one attached hydrogen (secondary N) is 1. The second kappa shape index (κ2) is 6.24. The van der Waals surface area contributed by atoms with Crippen LogP contribution in [0.25, 0.3) is 0 Å². The molecule has 0 heterocycles. The Hall–Kier alpha value is -1.91. The lowest BCUT2D eigenvalue weighted by molar-refractivity contribution is -0.117. The van der Waals surface area contributed by atoms with Crippen molar-refractivity contribution in [1.29, 1.82) is 5.26 Å².